The number of rotatable bonds is 6. The average Bonchev–Trinajstić information content (AvgIpc) is 2.46. The van der Waals surface area contributed by atoms with Crippen LogP contribution in [0.3, 0.4) is 0 Å². The molecule has 1 aliphatic rings. The predicted octanol–water partition coefficient (Wildman–Crippen LogP) is 1.78. The van der Waals surface area contributed by atoms with Crippen molar-refractivity contribution in [1.82, 2.24) is 5.09 Å². The number of aromatic hydroxyl groups is 1. The third kappa shape index (κ3) is 4.89. The van der Waals surface area contributed by atoms with E-state index >= 15 is 0 Å². The van der Waals surface area contributed by atoms with Gasteiger partial charge in [0.05, 0.1) is 5.92 Å². The van der Waals surface area contributed by atoms with E-state index in [9.17, 15) is 19.3 Å². The highest BCUT2D eigenvalue weighted by Crippen LogP contribution is 2.34. The Hall–Kier alpha value is -2.21. The number of Topliss-reactive ketones (excluding diaryl/α,β-unsaturated/α-hetero) is 1. The first-order chi connectivity index (χ1) is 11.2. The van der Waals surface area contributed by atoms with Crippen LogP contribution in [0.25, 0.3) is 0 Å². The molecule has 2 unspecified atom stereocenters. The first kappa shape index (κ1) is 18.1. The van der Waals surface area contributed by atoms with E-state index in [1.165, 1.54) is 24.3 Å². The van der Waals surface area contributed by atoms with E-state index in [1.54, 1.807) is 12.1 Å². The molecule has 2 rings (SSSR count). The maximum absolute atomic E-state index is 12.5. The van der Waals surface area contributed by atoms with Crippen LogP contribution in [0.5, 0.6) is 5.75 Å². The fourth-order valence-corrected chi connectivity index (χ4v) is 3.03. The molecule has 0 aliphatic heterocycles. The Kier molecular flexibility index (Phi) is 5.39. The van der Waals surface area contributed by atoms with Gasteiger partial charge in [0.1, 0.15) is 11.5 Å². The van der Waals surface area contributed by atoms with Crippen LogP contribution in [0.15, 0.2) is 48.2 Å². The molecule has 0 spiro atoms. The molecule has 0 fully saturated rings. The van der Waals surface area contributed by atoms with Gasteiger partial charge in [-0.3, -0.25) is 14.7 Å². The molecule has 1 aromatic rings. The van der Waals surface area contributed by atoms with Crippen LogP contribution in [0, 0.1) is 5.92 Å². The number of hydrogen-bond acceptors (Lipinski definition) is 4. The van der Waals surface area contributed by atoms with Crippen LogP contribution in [-0.4, -0.2) is 26.5 Å². The van der Waals surface area contributed by atoms with E-state index in [4.69, 9.17) is 9.79 Å². The van der Waals surface area contributed by atoms with Crippen molar-refractivity contribution in [2.75, 3.05) is 0 Å². The van der Waals surface area contributed by atoms with Crippen LogP contribution in [0.2, 0.25) is 0 Å². The van der Waals surface area contributed by atoms with Gasteiger partial charge in [-0.25, -0.2) is 4.57 Å². The van der Waals surface area contributed by atoms with Crippen molar-refractivity contribution in [2.45, 2.75) is 19.3 Å². The summed E-state index contributed by atoms with van der Waals surface area (Å²) < 4.78 is 11.1. The summed E-state index contributed by atoms with van der Waals surface area (Å²) in [4.78, 5) is 42.0. The minimum Gasteiger partial charge on any atom is -0.508 e. The Balaban J connectivity index is 2.13. The van der Waals surface area contributed by atoms with Crippen LogP contribution >= 0.6 is 7.75 Å². The fraction of sp³-hybridized carbons (Fsp3) is 0.250. The number of phenolic OH excluding ortho intramolecular Hbond substituents is 1. The minimum absolute atomic E-state index is 0.0984. The summed E-state index contributed by atoms with van der Waals surface area (Å²) in [6.45, 7) is 1.84. The van der Waals surface area contributed by atoms with Gasteiger partial charge in [-0.1, -0.05) is 25.1 Å². The normalized spacial score (nSPS) is 18.9. The lowest BCUT2D eigenvalue weighted by atomic mass is 9.87. The molecule has 8 heteroatoms. The first-order valence-electron chi connectivity index (χ1n) is 7.25. The number of allylic oxidation sites excluding steroid dienone is 3. The van der Waals surface area contributed by atoms with Crippen LogP contribution in [0.1, 0.15) is 24.8 Å². The second-order valence-corrected chi connectivity index (χ2v) is 6.97. The van der Waals surface area contributed by atoms with E-state index in [0.717, 1.165) is 11.6 Å². The van der Waals surface area contributed by atoms with Gasteiger partial charge >= 0.3 is 7.75 Å². The maximum atomic E-state index is 12.5. The number of carbonyl (C=O) groups excluding carboxylic acids is 2. The summed E-state index contributed by atoms with van der Waals surface area (Å²) >= 11 is 0. The summed E-state index contributed by atoms with van der Waals surface area (Å²) in [5, 5.41) is 11.2. The lowest BCUT2D eigenvalue weighted by Crippen LogP contribution is -2.27. The Bertz CT molecular complexity index is 746. The molecule has 7 nitrogen and oxygen atoms in total. The quantitative estimate of drug-likeness (QED) is 0.576. The van der Waals surface area contributed by atoms with Gasteiger partial charge < -0.3 is 14.9 Å². The Morgan fingerprint density at radius 3 is 2.50 bits per heavy atom. The molecule has 1 aliphatic carbocycles. The molecule has 0 saturated carbocycles. The van der Waals surface area contributed by atoms with Gasteiger partial charge in [0, 0.05) is 18.2 Å². The summed E-state index contributed by atoms with van der Waals surface area (Å²) in [5.74, 6) is -1.65. The first-order valence-corrected chi connectivity index (χ1v) is 8.86. The zero-order valence-corrected chi connectivity index (χ0v) is 13.8. The monoisotopic (exact) mass is 351 g/mol. The Morgan fingerprint density at radius 1 is 1.29 bits per heavy atom. The van der Waals surface area contributed by atoms with E-state index in [0.29, 0.717) is 0 Å². The van der Waals surface area contributed by atoms with Gasteiger partial charge in [0.25, 0.3) is 0 Å². The molecule has 4 N–H and O–H groups in total. The number of benzene rings is 1. The van der Waals surface area contributed by atoms with E-state index < -0.39 is 19.4 Å². The second kappa shape index (κ2) is 7.13. The summed E-state index contributed by atoms with van der Waals surface area (Å²) in [7, 11) is -4.62. The third-order valence-electron chi connectivity index (χ3n) is 3.68. The van der Waals surface area contributed by atoms with Crippen LogP contribution in [-0.2, 0) is 14.2 Å². The minimum atomic E-state index is -4.62. The van der Waals surface area contributed by atoms with Crippen molar-refractivity contribution in [3.8, 4) is 5.75 Å². The molecule has 0 radical (unpaired) electrons. The van der Waals surface area contributed by atoms with Gasteiger partial charge in [-0.15, -0.1) is 0 Å². The Morgan fingerprint density at radius 2 is 1.92 bits per heavy atom. The second-order valence-electron chi connectivity index (χ2n) is 5.66. The van der Waals surface area contributed by atoms with Crippen molar-refractivity contribution >= 4 is 19.3 Å². The summed E-state index contributed by atoms with van der Waals surface area (Å²) in [6.07, 6.45) is 3.69. The Labute approximate surface area is 138 Å². The van der Waals surface area contributed by atoms with Crippen LogP contribution in [0.4, 0.5) is 0 Å². The number of ketones is 2. The van der Waals surface area contributed by atoms with E-state index in [1.807, 2.05) is 12.0 Å². The molecule has 0 amide bonds. The van der Waals surface area contributed by atoms with Crippen molar-refractivity contribution < 1.29 is 29.0 Å². The number of phenols is 1. The molecular formula is C16H18NO6P. The van der Waals surface area contributed by atoms with Gasteiger partial charge in [0.2, 0.25) is 0 Å². The molecule has 128 valence electrons. The zero-order chi connectivity index (χ0) is 17.9. The zero-order valence-electron chi connectivity index (χ0n) is 12.9. The number of nitrogens with one attached hydrogen (secondary N) is 1. The number of hydrogen-bond donors (Lipinski definition) is 4. The fourth-order valence-electron chi connectivity index (χ4n) is 2.49. The highest BCUT2D eigenvalue weighted by molar-refractivity contribution is 7.49. The van der Waals surface area contributed by atoms with Crippen molar-refractivity contribution in [2.24, 2.45) is 5.92 Å². The van der Waals surface area contributed by atoms with E-state index in [2.05, 4.69) is 0 Å². The molecule has 0 saturated heterocycles. The highest BCUT2D eigenvalue weighted by Gasteiger charge is 2.29. The van der Waals surface area contributed by atoms with Crippen molar-refractivity contribution in [3.63, 3.8) is 0 Å². The van der Waals surface area contributed by atoms with Crippen molar-refractivity contribution in [1.29, 1.82) is 0 Å². The van der Waals surface area contributed by atoms with E-state index in [-0.39, 0.29) is 29.6 Å². The van der Waals surface area contributed by atoms with Gasteiger partial charge in [-0.2, -0.15) is 0 Å². The lowest BCUT2D eigenvalue weighted by molar-refractivity contribution is -0.121. The molecule has 0 bridgehead atoms. The van der Waals surface area contributed by atoms with Gasteiger partial charge in [0.15, 0.2) is 5.78 Å². The smallest absolute Gasteiger partial charge is 0.427 e. The standard InChI is InChI=1S/C16H18NO6P/c1-10(11-2-4-12(18)5-3-11)8-16(20)14-7-6-13(19)9-15(14)17-24(21,22)23/h2-7,9-10,14,18H,8H2,1H3,(H3,17,21,22,23). The molecule has 24 heavy (non-hydrogen) atoms. The molecular weight excluding hydrogens is 333 g/mol. The molecule has 0 heterocycles. The van der Waals surface area contributed by atoms with Crippen LogP contribution < -0.4 is 5.09 Å². The largest absolute Gasteiger partial charge is 0.508 e. The topological polar surface area (TPSA) is 124 Å². The summed E-state index contributed by atoms with van der Waals surface area (Å²) in [6, 6.07) is 6.46. The molecule has 1 aromatic carbocycles. The molecule has 0 aromatic heterocycles. The molecule has 2 atom stereocenters. The lowest BCUT2D eigenvalue weighted by Gasteiger charge is -2.22. The predicted molar refractivity (Wildman–Crippen MR) is 87.0 cm³/mol. The summed E-state index contributed by atoms with van der Waals surface area (Å²) in [5.41, 5.74) is 0.754. The third-order valence-corrected chi connectivity index (χ3v) is 4.23. The van der Waals surface area contributed by atoms with Crippen molar-refractivity contribution in [3.05, 3.63) is 53.8 Å². The number of carbonyl (C=O) groups is 2. The average molecular weight is 351 g/mol. The highest BCUT2D eigenvalue weighted by atomic mass is 31.2. The maximum Gasteiger partial charge on any atom is 0.427 e. The SMILES string of the molecule is CC(CC(=O)C1C=CC(=O)C=C1NP(=O)(O)O)c1ccc(O)cc1. The van der Waals surface area contributed by atoms with Gasteiger partial charge in [-0.05, 0) is 29.7 Å².